The van der Waals surface area contributed by atoms with Crippen molar-refractivity contribution in [3.05, 3.63) is 37.0 Å². The number of aromatic nitrogens is 2. The molecule has 0 radical (unpaired) electrons. The molecule has 0 unspecified atom stereocenters. The molecule has 21 heavy (non-hydrogen) atoms. The highest BCUT2D eigenvalue weighted by molar-refractivity contribution is 14.1. The number of aryl methyl sites for hydroxylation is 1. The van der Waals surface area contributed by atoms with E-state index in [0.29, 0.717) is 10.8 Å². The topological polar surface area (TPSA) is 37.8 Å². The Morgan fingerprint density at radius 1 is 1.29 bits per heavy atom. The summed E-state index contributed by atoms with van der Waals surface area (Å²) < 4.78 is 1.97. The van der Waals surface area contributed by atoms with Gasteiger partial charge in [-0.15, -0.1) is 0 Å². The van der Waals surface area contributed by atoms with Crippen molar-refractivity contribution in [3.63, 3.8) is 0 Å². The van der Waals surface area contributed by atoms with Crippen molar-refractivity contribution in [2.24, 2.45) is 0 Å². The predicted octanol–water partition coefficient (Wildman–Crippen LogP) is 5.55. The zero-order valence-corrected chi connectivity index (χ0v) is 16.4. The van der Waals surface area contributed by atoms with Gasteiger partial charge in [-0.05, 0) is 69.6 Å². The Kier molecular flexibility index (Phi) is 6.25. The van der Waals surface area contributed by atoms with Crippen molar-refractivity contribution in [1.82, 2.24) is 9.97 Å². The molecule has 0 saturated heterocycles. The van der Waals surface area contributed by atoms with Gasteiger partial charge in [0.25, 0.3) is 0 Å². The number of benzene rings is 1. The minimum atomic E-state index is 0.663. The first-order chi connectivity index (χ1) is 10.1. The Labute approximate surface area is 152 Å². The van der Waals surface area contributed by atoms with Gasteiger partial charge in [0, 0.05) is 16.6 Å². The van der Waals surface area contributed by atoms with E-state index in [1.54, 1.807) is 0 Å². The van der Waals surface area contributed by atoms with E-state index >= 15 is 0 Å². The van der Waals surface area contributed by atoms with Crippen molar-refractivity contribution in [1.29, 1.82) is 0 Å². The van der Waals surface area contributed by atoms with Crippen LogP contribution < -0.4 is 5.32 Å². The summed E-state index contributed by atoms with van der Waals surface area (Å²) in [6, 6.07) is 5.78. The summed E-state index contributed by atoms with van der Waals surface area (Å²) in [6.45, 7) is 5.14. The molecular weight excluding hydrogens is 464 g/mol. The first-order valence-corrected chi connectivity index (χ1v) is 9.07. The van der Waals surface area contributed by atoms with Crippen LogP contribution in [0.4, 0.5) is 5.82 Å². The van der Waals surface area contributed by atoms with E-state index in [-0.39, 0.29) is 0 Å². The van der Waals surface area contributed by atoms with Crippen molar-refractivity contribution < 1.29 is 0 Å². The maximum Gasteiger partial charge on any atom is 0.161 e. The Hall–Kier alpha value is -0.400. The number of hydrogen-bond acceptors (Lipinski definition) is 3. The molecule has 0 aliphatic heterocycles. The third-order valence-electron chi connectivity index (χ3n) is 2.97. The summed E-state index contributed by atoms with van der Waals surface area (Å²) in [4.78, 5) is 9.32. The molecule has 0 aliphatic carbocycles. The van der Waals surface area contributed by atoms with Crippen LogP contribution in [-0.4, -0.2) is 16.5 Å². The van der Waals surface area contributed by atoms with Gasteiger partial charge in [0.05, 0.1) is 14.3 Å². The van der Waals surface area contributed by atoms with Crippen molar-refractivity contribution in [3.8, 4) is 11.4 Å². The fourth-order valence-corrected chi connectivity index (χ4v) is 3.09. The van der Waals surface area contributed by atoms with E-state index in [2.05, 4.69) is 67.7 Å². The smallest absolute Gasteiger partial charge is 0.161 e. The molecule has 2 rings (SSSR count). The fraction of sp³-hybridized carbons (Fsp3) is 0.333. The van der Waals surface area contributed by atoms with Crippen molar-refractivity contribution in [2.45, 2.75) is 26.7 Å². The Balaban J connectivity index is 2.49. The second kappa shape index (κ2) is 7.74. The normalized spacial score (nSPS) is 10.7. The minimum Gasteiger partial charge on any atom is -0.369 e. The van der Waals surface area contributed by atoms with Crippen molar-refractivity contribution >= 4 is 55.9 Å². The van der Waals surface area contributed by atoms with Crippen LogP contribution in [0, 0.1) is 3.57 Å². The van der Waals surface area contributed by atoms with Crippen LogP contribution in [0.2, 0.25) is 5.02 Å². The quantitative estimate of drug-likeness (QED) is 0.571. The fourth-order valence-electron chi connectivity index (χ4n) is 1.85. The van der Waals surface area contributed by atoms with E-state index < -0.39 is 0 Å². The molecule has 6 heteroatoms. The molecule has 0 bridgehead atoms. The average Bonchev–Trinajstić information content (AvgIpc) is 2.49. The maximum absolute atomic E-state index is 6.17. The van der Waals surface area contributed by atoms with E-state index in [0.717, 1.165) is 44.5 Å². The van der Waals surface area contributed by atoms with Crippen LogP contribution >= 0.6 is 50.1 Å². The molecule has 2 aromatic rings. The molecule has 0 aliphatic rings. The third kappa shape index (κ3) is 4.07. The summed E-state index contributed by atoms with van der Waals surface area (Å²) in [5.74, 6) is 1.61. The number of nitrogens with one attached hydrogen (secondary N) is 1. The molecule has 0 amide bonds. The highest BCUT2D eigenvalue weighted by Gasteiger charge is 2.13. The van der Waals surface area contributed by atoms with Gasteiger partial charge >= 0.3 is 0 Å². The Morgan fingerprint density at radius 3 is 2.67 bits per heavy atom. The average molecular weight is 481 g/mol. The zero-order valence-electron chi connectivity index (χ0n) is 11.9. The van der Waals surface area contributed by atoms with Gasteiger partial charge in [0.1, 0.15) is 5.82 Å². The van der Waals surface area contributed by atoms with E-state index in [9.17, 15) is 0 Å². The molecule has 0 fully saturated rings. The molecule has 1 aromatic heterocycles. The standard InChI is InChI=1S/C15H16BrClIN3/c1-3-7-19-15-13(18)12(4-2)20-14(21-15)9-5-6-10(16)11(17)8-9/h5-6,8H,3-4,7H2,1-2H3,(H,19,20,21). The van der Waals surface area contributed by atoms with Gasteiger partial charge in [0.15, 0.2) is 5.82 Å². The lowest BCUT2D eigenvalue weighted by atomic mass is 10.2. The number of rotatable bonds is 5. The maximum atomic E-state index is 6.17. The van der Waals surface area contributed by atoms with E-state index in [1.807, 2.05) is 18.2 Å². The summed E-state index contributed by atoms with van der Waals surface area (Å²) in [7, 11) is 0. The van der Waals surface area contributed by atoms with E-state index in [1.165, 1.54) is 0 Å². The van der Waals surface area contributed by atoms with Crippen LogP contribution in [0.15, 0.2) is 22.7 Å². The lowest BCUT2D eigenvalue weighted by Gasteiger charge is -2.12. The minimum absolute atomic E-state index is 0.663. The van der Waals surface area contributed by atoms with Gasteiger partial charge < -0.3 is 5.32 Å². The van der Waals surface area contributed by atoms with Gasteiger partial charge in [-0.3, -0.25) is 0 Å². The molecule has 1 aromatic carbocycles. The van der Waals surface area contributed by atoms with Crippen LogP contribution in [0.1, 0.15) is 26.0 Å². The van der Waals surface area contributed by atoms with Gasteiger partial charge in [0.2, 0.25) is 0 Å². The lowest BCUT2D eigenvalue weighted by Crippen LogP contribution is -2.08. The first kappa shape index (κ1) is 17.0. The van der Waals surface area contributed by atoms with Gasteiger partial charge in [-0.2, -0.15) is 0 Å². The summed E-state index contributed by atoms with van der Waals surface area (Å²) in [6.07, 6.45) is 1.93. The number of hydrogen-bond donors (Lipinski definition) is 1. The molecule has 112 valence electrons. The SMILES string of the molecule is CCCNc1nc(-c2ccc(Br)c(Cl)c2)nc(CC)c1I. The summed E-state index contributed by atoms with van der Waals surface area (Å²) in [5, 5.41) is 4.04. The lowest BCUT2D eigenvalue weighted by molar-refractivity contribution is 0.943. The third-order valence-corrected chi connectivity index (χ3v) is 5.34. The van der Waals surface area contributed by atoms with Gasteiger partial charge in [-0.25, -0.2) is 9.97 Å². The van der Waals surface area contributed by atoms with Crippen LogP contribution in [0.25, 0.3) is 11.4 Å². The second-order valence-electron chi connectivity index (χ2n) is 4.57. The van der Waals surface area contributed by atoms with E-state index in [4.69, 9.17) is 11.6 Å². The number of anilines is 1. The molecule has 0 atom stereocenters. The second-order valence-corrected chi connectivity index (χ2v) is 6.91. The highest BCUT2D eigenvalue weighted by atomic mass is 127. The molecule has 1 heterocycles. The highest BCUT2D eigenvalue weighted by Crippen LogP contribution is 2.29. The monoisotopic (exact) mass is 479 g/mol. The Bertz CT molecular complexity index is 649. The van der Waals surface area contributed by atoms with Gasteiger partial charge in [-0.1, -0.05) is 25.4 Å². The zero-order chi connectivity index (χ0) is 15.4. The molecular formula is C15H16BrClIN3. The summed E-state index contributed by atoms with van der Waals surface area (Å²) in [5.41, 5.74) is 1.98. The number of halogens is 3. The summed E-state index contributed by atoms with van der Waals surface area (Å²) >= 11 is 11.9. The molecule has 0 saturated carbocycles. The van der Waals surface area contributed by atoms with Crippen molar-refractivity contribution in [2.75, 3.05) is 11.9 Å². The Morgan fingerprint density at radius 2 is 2.05 bits per heavy atom. The van der Waals surface area contributed by atoms with Crippen LogP contribution in [0.3, 0.4) is 0 Å². The predicted molar refractivity (Wildman–Crippen MR) is 101 cm³/mol. The van der Waals surface area contributed by atoms with Crippen LogP contribution in [-0.2, 0) is 6.42 Å². The largest absolute Gasteiger partial charge is 0.369 e. The molecule has 0 spiro atoms. The molecule has 3 nitrogen and oxygen atoms in total. The molecule has 1 N–H and O–H groups in total. The first-order valence-electron chi connectivity index (χ1n) is 6.82. The number of nitrogens with zero attached hydrogens (tertiary/aromatic N) is 2. The van der Waals surface area contributed by atoms with Crippen LogP contribution in [0.5, 0.6) is 0 Å².